The van der Waals surface area contributed by atoms with Crippen LogP contribution in [0.15, 0.2) is 41.3 Å². The van der Waals surface area contributed by atoms with E-state index >= 15 is 0 Å². The van der Waals surface area contributed by atoms with E-state index in [4.69, 9.17) is 0 Å². The molecule has 15 heavy (non-hydrogen) atoms. The van der Waals surface area contributed by atoms with E-state index < -0.39 is 6.10 Å². The Morgan fingerprint density at radius 2 is 1.93 bits per heavy atom. The van der Waals surface area contributed by atoms with Crippen LogP contribution in [0.2, 0.25) is 0 Å². The molecule has 0 aliphatic rings. The van der Waals surface area contributed by atoms with Crippen molar-refractivity contribution in [3.8, 4) is 0 Å². The molecule has 0 aliphatic heterocycles. The van der Waals surface area contributed by atoms with Gasteiger partial charge in [-0.05, 0) is 41.6 Å². The molecule has 1 atom stereocenters. The quantitative estimate of drug-likeness (QED) is 0.777. The Hall–Kier alpha value is -0.990. The number of aliphatic hydroxyl groups is 1. The normalized spacial score (nSPS) is 13.0. The van der Waals surface area contributed by atoms with E-state index in [0.717, 1.165) is 10.9 Å². The molecule has 0 heterocycles. The third-order valence-corrected chi connectivity index (χ3v) is 3.26. The van der Waals surface area contributed by atoms with Crippen LogP contribution >= 0.6 is 11.8 Å². The molecule has 1 nitrogen and oxygen atoms in total. The lowest BCUT2D eigenvalue weighted by Crippen LogP contribution is -1.93. The van der Waals surface area contributed by atoms with Crippen LogP contribution in [0.1, 0.15) is 18.6 Å². The van der Waals surface area contributed by atoms with Crippen LogP contribution in [0.3, 0.4) is 0 Å². The first-order chi connectivity index (χ1) is 7.22. The summed E-state index contributed by atoms with van der Waals surface area (Å²) in [5.74, 6) is 0. The first-order valence-electron chi connectivity index (χ1n) is 4.97. The van der Waals surface area contributed by atoms with Crippen LogP contribution in [0.4, 0.5) is 0 Å². The van der Waals surface area contributed by atoms with Crippen molar-refractivity contribution in [2.24, 2.45) is 0 Å². The van der Waals surface area contributed by atoms with Crippen molar-refractivity contribution >= 4 is 22.5 Å². The maximum absolute atomic E-state index is 9.73. The van der Waals surface area contributed by atoms with Gasteiger partial charge in [0.1, 0.15) is 0 Å². The van der Waals surface area contributed by atoms with Gasteiger partial charge in [-0.2, -0.15) is 0 Å². The van der Waals surface area contributed by atoms with Gasteiger partial charge < -0.3 is 5.11 Å². The van der Waals surface area contributed by atoms with Gasteiger partial charge in [0.05, 0.1) is 6.10 Å². The van der Waals surface area contributed by atoms with E-state index in [0.29, 0.717) is 0 Å². The van der Waals surface area contributed by atoms with Gasteiger partial charge in [0.2, 0.25) is 0 Å². The minimum Gasteiger partial charge on any atom is -0.389 e. The first-order valence-corrected chi connectivity index (χ1v) is 6.19. The molecule has 1 unspecified atom stereocenters. The molecule has 2 rings (SSSR count). The van der Waals surface area contributed by atoms with Gasteiger partial charge in [0.25, 0.3) is 0 Å². The van der Waals surface area contributed by atoms with Crippen LogP contribution in [0.25, 0.3) is 10.8 Å². The zero-order valence-electron chi connectivity index (χ0n) is 8.90. The number of fused-ring (bicyclic) bond motifs is 1. The molecule has 0 saturated carbocycles. The second-order valence-electron chi connectivity index (χ2n) is 3.61. The molecule has 0 amide bonds. The Labute approximate surface area is 94.1 Å². The lowest BCUT2D eigenvalue weighted by Gasteiger charge is -2.11. The van der Waals surface area contributed by atoms with Crippen LogP contribution in [0.5, 0.6) is 0 Å². The average molecular weight is 218 g/mol. The second-order valence-corrected chi connectivity index (χ2v) is 4.49. The third kappa shape index (κ3) is 2.01. The molecule has 0 bridgehead atoms. The minimum atomic E-state index is -0.415. The van der Waals surface area contributed by atoms with Crippen LogP contribution < -0.4 is 0 Å². The van der Waals surface area contributed by atoms with Gasteiger partial charge in [-0.15, -0.1) is 11.8 Å². The highest BCUT2D eigenvalue weighted by Crippen LogP contribution is 2.29. The smallest absolute Gasteiger partial charge is 0.0768 e. The van der Waals surface area contributed by atoms with Gasteiger partial charge in [-0.1, -0.05) is 24.3 Å². The summed E-state index contributed by atoms with van der Waals surface area (Å²) in [6, 6.07) is 12.4. The molecular weight excluding hydrogens is 204 g/mol. The fourth-order valence-corrected chi connectivity index (χ4v) is 2.26. The van der Waals surface area contributed by atoms with Crippen molar-refractivity contribution in [2.75, 3.05) is 6.26 Å². The predicted molar refractivity (Wildman–Crippen MR) is 66.4 cm³/mol. The van der Waals surface area contributed by atoms with Gasteiger partial charge in [0.15, 0.2) is 0 Å². The number of aliphatic hydroxyl groups excluding tert-OH is 1. The fourth-order valence-electron chi connectivity index (χ4n) is 1.78. The lowest BCUT2D eigenvalue weighted by atomic mass is 10.0. The highest BCUT2D eigenvalue weighted by Gasteiger charge is 2.07. The van der Waals surface area contributed by atoms with Gasteiger partial charge in [0, 0.05) is 4.90 Å². The molecule has 0 fully saturated rings. The van der Waals surface area contributed by atoms with Crippen molar-refractivity contribution in [3.63, 3.8) is 0 Å². The molecule has 0 spiro atoms. The lowest BCUT2D eigenvalue weighted by molar-refractivity contribution is 0.200. The summed E-state index contributed by atoms with van der Waals surface area (Å²) < 4.78 is 0. The zero-order chi connectivity index (χ0) is 10.8. The SMILES string of the molecule is CSc1cc(C(C)O)c2ccccc2c1. The van der Waals surface area contributed by atoms with Crippen LogP contribution in [0, 0.1) is 0 Å². The molecule has 0 aromatic heterocycles. The van der Waals surface area contributed by atoms with Gasteiger partial charge in [-0.3, -0.25) is 0 Å². The molecule has 2 aromatic rings. The fraction of sp³-hybridized carbons (Fsp3) is 0.231. The number of hydrogen-bond donors (Lipinski definition) is 1. The van der Waals surface area contributed by atoms with E-state index in [1.165, 1.54) is 10.3 Å². The first kappa shape index (κ1) is 10.5. The molecule has 0 aliphatic carbocycles. The third-order valence-electron chi connectivity index (χ3n) is 2.55. The van der Waals surface area contributed by atoms with Crippen molar-refractivity contribution in [1.82, 2.24) is 0 Å². The minimum absolute atomic E-state index is 0.415. The number of hydrogen-bond acceptors (Lipinski definition) is 2. The molecule has 0 radical (unpaired) electrons. The van der Waals surface area contributed by atoms with Crippen LogP contribution in [-0.2, 0) is 0 Å². The number of benzene rings is 2. The molecule has 0 saturated heterocycles. The monoisotopic (exact) mass is 218 g/mol. The van der Waals surface area contributed by atoms with Crippen molar-refractivity contribution < 1.29 is 5.11 Å². The van der Waals surface area contributed by atoms with E-state index in [1.807, 2.05) is 19.1 Å². The van der Waals surface area contributed by atoms with Gasteiger partial charge >= 0.3 is 0 Å². The zero-order valence-corrected chi connectivity index (χ0v) is 9.71. The summed E-state index contributed by atoms with van der Waals surface area (Å²) in [7, 11) is 0. The molecular formula is C13H14OS. The number of thioether (sulfide) groups is 1. The van der Waals surface area contributed by atoms with Crippen molar-refractivity contribution in [3.05, 3.63) is 42.0 Å². The van der Waals surface area contributed by atoms with E-state index in [2.05, 4.69) is 30.5 Å². The molecule has 78 valence electrons. The Morgan fingerprint density at radius 1 is 1.20 bits per heavy atom. The largest absolute Gasteiger partial charge is 0.389 e. The summed E-state index contributed by atoms with van der Waals surface area (Å²) in [5.41, 5.74) is 1.01. The molecule has 1 N–H and O–H groups in total. The van der Waals surface area contributed by atoms with Gasteiger partial charge in [-0.25, -0.2) is 0 Å². The molecule has 2 aromatic carbocycles. The summed E-state index contributed by atoms with van der Waals surface area (Å²) in [5, 5.41) is 12.1. The second kappa shape index (κ2) is 4.25. The highest BCUT2D eigenvalue weighted by molar-refractivity contribution is 7.98. The van der Waals surface area contributed by atoms with Crippen molar-refractivity contribution in [2.45, 2.75) is 17.9 Å². The summed E-state index contributed by atoms with van der Waals surface area (Å²) in [6.45, 7) is 1.81. The van der Waals surface area contributed by atoms with E-state index in [-0.39, 0.29) is 0 Å². The van der Waals surface area contributed by atoms with Crippen molar-refractivity contribution in [1.29, 1.82) is 0 Å². The summed E-state index contributed by atoms with van der Waals surface area (Å²) >= 11 is 1.70. The van der Waals surface area contributed by atoms with E-state index in [9.17, 15) is 5.11 Å². The Bertz CT molecular complexity index is 477. The standard InChI is InChI=1S/C13H14OS/c1-9(14)13-8-11(15-2)7-10-5-3-4-6-12(10)13/h3-9,14H,1-2H3. The maximum atomic E-state index is 9.73. The average Bonchev–Trinajstić information content (AvgIpc) is 2.27. The maximum Gasteiger partial charge on any atom is 0.0768 e. The predicted octanol–water partition coefficient (Wildman–Crippen LogP) is 3.62. The Morgan fingerprint density at radius 3 is 2.60 bits per heavy atom. The Balaban J connectivity index is 2.74. The number of rotatable bonds is 2. The molecule has 2 heteroatoms. The highest BCUT2D eigenvalue weighted by atomic mass is 32.2. The summed E-state index contributed by atoms with van der Waals surface area (Å²) in [4.78, 5) is 1.20. The topological polar surface area (TPSA) is 20.2 Å². The summed E-state index contributed by atoms with van der Waals surface area (Å²) in [6.07, 6.45) is 1.64. The van der Waals surface area contributed by atoms with Crippen LogP contribution in [-0.4, -0.2) is 11.4 Å². The Kier molecular flexibility index (Phi) is 2.98. The van der Waals surface area contributed by atoms with E-state index in [1.54, 1.807) is 11.8 Å².